The van der Waals surface area contributed by atoms with Crippen molar-refractivity contribution in [2.75, 3.05) is 0 Å². The van der Waals surface area contributed by atoms with Gasteiger partial charge in [-0.1, -0.05) is 309 Å². The number of nitrogens with zero attached hydrogens (tertiary/aromatic N) is 8. The fraction of sp³-hybridized carbons (Fsp3) is 0. The van der Waals surface area contributed by atoms with Crippen molar-refractivity contribution in [1.29, 1.82) is 0 Å². The molecule has 0 saturated carbocycles. The summed E-state index contributed by atoms with van der Waals surface area (Å²) in [5.74, 6) is 1.25. The summed E-state index contributed by atoms with van der Waals surface area (Å²) >= 11 is 0. The Kier molecular flexibility index (Phi) is 16.1. The number of fused-ring (bicyclic) bond motifs is 12. The lowest BCUT2D eigenvalue weighted by atomic mass is 9.99. The van der Waals surface area contributed by atoms with Crippen molar-refractivity contribution in [3.05, 3.63) is 413 Å². The van der Waals surface area contributed by atoms with E-state index in [1.165, 1.54) is 60.4 Å². The first kappa shape index (κ1) is 65.2. The van der Waals surface area contributed by atoms with Crippen LogP contribution in [0.4, 0.5) is 0 Å². The van der Waals surface area contributed by atoms with E-state index in [9.17, 15) is 0 Å². The molecular formula is C104H68N8. The molecule has 0 unspecified atom stereocenters. The van der Waals surface area contributed by atoms with E-state index in [4.69, 9.17) is 19.9 Å². The van der Waals surface area contributed by atoms with Crippen LogP contribution in [0.1, 0.15) is 0 Å². The Morgan fingerprint density at radius 3 is 0.696 bits per heavy atom. The summed E-state index contributed by atoms with van der Waals surface area (Å²) in [5, 5.41) is 9.53. The van der Waals surface area contributed by atoms with Crippen LogP contribution in [0.15, 0.2) is 413 Å². The highest BCUT2D eigenvalue weighted by molar-refractivity contribution is 6.21. The SMILES string of the molecule is c1ccc(-c2ccc(-c3cc(-c4cccc(-c5ccccc5)c4)nc(-n4c5ccccc5c5cc6c7ccccc7n(-c7ccccc7)c6cc54)n3)cc2)cc1.c1ccc(-c2cccc(-c3cc(-c4cccc(-c5ccccc5)c4)nc(-n4c5ccccc5c5cc6c7ccccc7n(-c7ccccc7)c6cc54)n3)c2)cc1. The fourth-order valence-corrected chi connectivity index (χ4v) is 16.6. The Hall–Kier alpha value is -15.1. The van der Waals surface area contributed by atoms with Gasteiger partial charge in [0.25, 0.3) is 0 Å². The topological polar surface area (TPSA) is 71.3 Å². The van der Waals surface area contributed by atoms with Crippen molar-refractivity contribution in [3.63, 3.8) is 0 Å². The average Bonchev–Trinajstić information content (AvgIpc) is 1.56. The molecule has 0 N–H and O–H groups in total. The zero-order valence-electron chi connectivity index (χ0n) is 60.8. The predicted molar refractivity (Wildman–Crippen MR) is 465 cm³/mol. The van der Waals surface area contributed by atoms with Gasteiger partial charge in [-0.3, -0.25) is 9.13 Å². The fourth-order valence-electron chi connectivity index (χ4n) is 16.6. The molecule has 0 fully saturated rings. The van der Waals surface area contributed by atoms with Gasteiger partial charge in [0.1, 0.15) is 0 Å². The van der Waals surface area contributed by atoms with E-state index in [1.807, 2.05) is 0 Å². The van der Waals surface area contributed by atoms with Gasteiger partial charge in [0, 0.05) is 76.7 Å². The van der Waals surface area contributed by atoms with Crippen LogP contribution in [0.5, 0.6) is 0 Å². The normalized spacial score (nSPS) is 11.6. The van der Waals surface area contributed by atoms with Gasteiger partial charge >= 0.3 is 0 Å². The second kappa shape index (κ2) is 27.6. The zero-order chi connectivity index (χ0) is 74.0. The maximum absolute atomic E-state index is 5.44. The van der Waals surface area contributed by atoms with Gasteiger partial charge in [0.15, 0.2) is 0 Å². The maximum atomic E-state index is 5.44. The second-order valence-electron chi connectivity index (χ2n) is 28.5. The van der Waals surface area contributed by atoms with Crippen molar-refractivity contribution in [3.8, 4) is 113 Å². The minimum atomic E-state index is 0.626. The summed E-state index contributed by atoms with van der Waals surface area (Å²) in [6.45, 7) is 0. The highest BCUT2D eigenvalue weighted by Crippen LogP contribution is 2.44. The summed E-state index contributed by atoms with van der Waals surface area (Å²) in [7, 11) is 0. The lowest BCUT2D eigenvalue weighted by Crippen LogP contribution is -2.04. The lowest BCUT2D eigenvalue weighted by molar-refractivity contribution is 0.995. The summed E-state index contributed by atoms with van der Waals surface area (Å²) in [5.41, 5.74) is 27.9. The molecule has 0 aliphatic carbocycles. The number of benzene rings is 16. The van der Waals surface area contributed by atoms with E-state index in [0.29, 0.717) is 11.9 Å². The average molecular weight is 1430 g/mol. The monoisotopic (exact) mass is 1430 g/mol. The van der Waals surface area contributed by atoms with E-state index in [0.717, 1.165) is 128 Å². The van der Waals surface area contributed by atoms with Crippen LogP contribution < -0.4 is 0 Å². The lowest BCUT2D eigenvalue weighted by Gasteiger charge is -2.13. The van der Waals surface area contributed by atoms with Crippen molar-refractivity contribution in [1.82, 2.24) is 38.2 Å². The molecule has 6 heterocycles. The molecular weight excluding hydrogens is 1360 g/mol. The first-order chi connectivity index (χ1) is 55.5. The highest BCUT2D eigenvalue weighted by atomic mass is 15.2. The Morgan fingerprint density at radius 1 is 0.134 bits per heavy atom. The number of aromatic nitrogens is 8. The Bertz CT molecular complexity index is 7230. The van der Waals surface area contributed by atoms with Gasteiger partial charge in [-0.2, -0.15) is 0 Å². The molecule has 8 heteroatoms. The Balaban J connectivity index is 0.000000141. The minimum absolute atomic E-state index is 0.626. The van der Waals surface area contributed by atoms with Crippen molar-refractivity contribution in [2.45, 2.75) is 0 Å². The number of para-hydroxylation sites is 6. The first-order valence-corrected chi connectivity index (χ1v) is 38.0. The smallest absolute Gasteiger partial charge is 0.235 e. The summed E-state index contributed by atoms with van der Waals surface area (Å²) in [4.78, 5) is 21.7. The molecule has 22 rings (SSSR count). The van der Waals surface area contributed by atoms with Gasteiger partial charge in [-0.15, -0.1) is 0 Å². The maximum Gasteiger partial charge on any atom is 0.235 e. The molecule has 0 spiro atoms. The molecule has 0 aliphatic rings. The van der Waals surface area contributed by atoms with E-state index >= 15 is 0 Å². The standard InChI is InChI=1S/2C52H34N4/c1-4-16-35(17-5-1)37-20-14-22-39(30-37)46-33-47(40-23-15-21-38(31-40)36-18-6-2-7-19-36)54-52(53-46)56-49-29-13-11-27-43(49)45-32-44-42-26-10-12-28-48(42)55(50(44)34-51(45)56)41-24-8-3-9-25-41;1-4-15-35(16-5-1)37-27-29-38(30-28-37)46-33-47(40-20-14-19-39(31-40)36-17-6-2-7-18-36)54-52(53-46)56-49-26-13-11-24-43(49)45-32-44-42-23-10-12-25-48(42)55(50(44)34-51(45)56)41-21-8-3-9-22-41/h2*1-34H. The van der Waals surface area contributed by atoms with Crippen LogP contribution in [0, 0.1) is 0 Å². The molecule has 112 heavy (non-hydrogen) atoms. The van der Waals surface area contributed by atoms with Crippen LogP contribution >= 0.6 is 0 Å². The largest absolute Gasteiger partial charge is 0.309 e. The quantitative estimate of drug-likeness (QED) is 0.122. The molecule has 0 bridgehead atoms. The third kappa shape index (κ3) is 11.6. The molecule has 0 amide bonds. The Labute approximate surface area is 646 Å². The summed E-state index contributed by atoms with van der Waals surface area (Å²) in [6.07, 6.45) is 0. The van der Waals surface area contributed by atoms with Crippen LogP contribution in [0.3, 0.4) is 0 Å². The van der Waals surface area contributed by atoms with E-state index in [2.05, 4.69) is 431 Å². The van der Waals surface area contributed by atoms with Gasteiger partial charge in [-0.05, 0) is 148 Å². The van der Waals surface area contributed by atoms with Gasteiger partial charge in [0.2, 0.25) is 11.9 Å². The second-order valence-corrected chi connectivity index (χ2v) is 28.5. The van der Waals surface area contributed by atoms with Gasteiger partial charge in [0.05, 0.1) is 66.9 Å². The first-order valence-electron chi connectivity index (χ1n) is 38.0. The van der Waals surface area contributed by atoms with Crippen LogP contribution in [-0.2, 0) is 0 Å². The molecule has 524 valence electrons. The number of hydrogen-bond acceptors (Lipinski definition) is 4. The number of rotatable bonds is 12. The zero-order valence-corrected chi connectivity index (χ0v) is 60.8. The van der Waals surface area contributed by atoms with Crippen molar-refractivity contribution >= 4 is 87.2 Å². The van der Waals surface area contributed by atoms with Crippen molar-refractivity contribution < 1.29 is 0 Å². The number of hydrogen-bond donors (Lipinski definition) is 0. The van der Waals surface area contributed by atoms with E-state index in [1.54, 1.807) is 0 Å². The van der Waals surface area contributed by atoms with Crippen LogP contribution in [0.2, 0.25) is 0 Å². The molecule has 0 radical (unpaired) electrons. The summed E-state index contributed by atoms with van der Waals surface area (Å²) in [6, 6.07) is 146. The van der Waals surface area contributed by atoms with E-state index < -0.39 is 0 Å². The van der Waals surface area contributed by atoms with Gasteiger partial charge < -0.3 is 9.13 Å². The van der Waals surface area contributed by atoms with Crippen molar-refractivity contribution in [2.24, 2.45) is 0 Å². The molecule has 16 aromatic carbocycles. The van der Waals surface area contributed by atoms with E-state index in [-0.39, 0.29) is 0 Å². The molecule has 0 atom stereocenters. The Morgan fingerprint density at radius 2 is 0.366 bits per heavy atom. The third-order valence-electron chi connectivity index (χ3n) is 21.9. The van der Waals surface area contributed by atoms with Crippen LogP contribution in [-0.4, -0.2) is 38.2 Å². The molecule has 6 aromatic heterocycles. The third-order valence-corrected chi connectivity index (χ3v) is 21.9. The molecule has 8 nitrogen and oxygen atoms in total. The molecule has 0 aliphatic heterocycles. The highest BCUT2D eigenvalue weighted by Gasteiger charge is 2.24. The predicted octanol–water partition coefficient (Wildman–Crippen LogP) is 26.7. The van der Waals surface area contributed by atoms with Gasteiger partial charge in [-0.25, -0.2) is 19.9 Å². The minimum Gasteiger partial charge on any atom is -0.309 e. The molecule has 22 aromatic rings. The summed E-state index contributed by atoms with van der Waals surface area (Å²) < 4.78 is 9.26. The molecule has 0 saturated heterocycles. The van der Waals surface area contributed by atoms with Crippen LogP contribution in [0.25, 0.3) is 200 Å².